The van der Waals surface area contributed by atoms with Crippen LogP contribution in [-0.2, 0) is 4.79 Å². The molecule has 1 fully saturated rings. The minimum absolute atomic E-state index is 0.0823. The van der Waals surface area contributed by atoms with Crippen molar-refractivity contribution in [2.75, 3.05) is 13.7 Å². The van der Waals surface area contributed by atoms with Gasteiger partial charge >= 0.3 is 0 Å². The highest BCUT2D eigenvalue weighted by Crippen LogP contribution is 2.34. The van der Waals surface area contributed by atoms with Gasteiger partial charge in [0.1, 0.15) is 11.6 Å². The summed E-state index contributed by atoms with van der Waals surface area (Å²) in [6.07, 6.45) is 6.99. The molecule has 1 aromatic carbocycles. The van der Waals surface area contributed by atoms with Gasteiger partial charge in [-0.25, -0.2) is 0 Å². The van der Waals surface area contributed by atoms with Crippen LogP contribution in [0.25, 0.3) is 6.08 Å². The van der Waals surface area contributed by atoms with E-state index < -0.39 is 0 Å². The SMILES string of the molecule is CCOc1cc(/C=C(\C#N)C(=O)NC2CCCCC2)c(Br)cc1OC. The summed E-state index contributed by atoms with van der Waals surface area (Å²) in [5.41, 5.74) is 0.776. The summed E-state index contributed by atoms with van der Waals surface area (Å²) in [7, 11) is 1.57. The molecule has 1 N–H and O–H groups in total. The Bertz CT molecular complexity index is 689. The molecule has 1 aliphatic carbocycles. The number of amides is 1. The topological polar surface area (TPSA) is 71.3 Å². The van der Waals surface area contributed by atoms with Crippen LogP contribution in [0.4, 0.5) is 0 Å². The second kappa shape index (κ2) is 9.47. The maximum atomic E-state index is 12.4. The van der Waals surface area contributed by atoms with E-state index in [0.29, 0.717) is 23.7 Å². The molecular weight excluding hydrogens is 384 g/mol. The molecule has 6 heteroatoms. The minimum Gasteiger partial charge on any atom is -0.493 e. The number of halogens is 1. The summed E-state index contributed by atoms with van der Waals surface area (Å²) >= 11 is 3.46. The fourth-order valence-electron chi connectivity index (χ4n) is 2.90. The Hall–Kier alpha value is -2.00. The Balaban J connectivity index is 2.24. The number of carbonyl (C=O) groups excluding carboxylic acids is 1. The van der Waals surface area contributed by atoms with E-state index in [4.69, 9.17) is 9.47 Å². The Morgan fingerprint density at radius 3 is 2.68 bits per heavy atom. The van der Waals surface area contributed by atoms with Gasteiger partial charge in [0.2, 0.25) is 0 Å². The standard InChI is InChI=1S/C19H23BrN2O3/c1-3-25-18-10-13(16(20)11-17(18)24-2)9-14(12-21)19(23)22-15-7-5-4-6-8-15/h9-11,15H,3-8H2,1-2H3,(H,22,23)/b14-9+. The third kappa shape index (κ3) is 5.23. The normalized spacial score (nSPS) is 15.4. The van der Waals surface area contributed by atoms with Gasteiger partial charge in [-0.05, 0) is 43.5 Å². The molecule has 0 aliphatic heterocycles. The Morgan fingerprint density at radius 2 is 2.08 bits per heavy atom. The molecule has 0 atom stereocenters. The number of hydrogen-bond donors (Lipinski definition) is 1. The van der Waals surface area contributed by atoms with Crippen LogP contribution >= 0.6 is 15.9 Å². The zero-order valence-corrected chi connectivity index (χ0v) is 16.2. The van der Waals surface area contributed by atoms with Gasteiger partial charge in [-0.1, -0.05) is 35.2 Å². The van der Waals surface area contributed by atoms with E-state index in [-0.39, 0.29) is 17.5 Å². The van der Waals surface area contributed by atoms with Crippen LogP contribution in [0.2, 0.25) is 0 Å². The largest absolute Gasteiger partial charge is 0.493 e. The second-order valence-electron chi connectivity index (χ2n) is 5.94. The van der Waals surface area contributed by atoms with Crippen molar-refractivity contribution >= 4 is 27.9 Å². The van der Waals surface area contributed by atoms with Gasteiger partial charge in [-0.15, -0.1) is 0 Å². The lowest BCUT2D eigenvalue weighted by molar-refractivity contribution is -0.117. The van der Waals surface area contributed by atoms with E-state index in [1.807, 2.05) is 13.0 Å². The van der Waals surface area contributed by atoms with Crippen molar-refractivity contribution in [2.45, 2.75) is 45.1 Å². The maximum Gasteiger partial charge on any atom is 0.262 e. The van der Waals surface area contributed by atoms with Crippen molar-refractivity contribution in [2.24, 2.45) is 0 Å². The molecule has 1 saturated carbocycles. The van der Waals surface area contributed by atoms with E-state index >= 15 is 0 Å². The summed E-state index contributed by atoms with van der Waals surface area (Å²) in [5.74, 6) is 0.843. The van der Waals surface area contributed by atoms with Crippen LogP contribution in [0.15, 0.2) is 22.2 Å². The Morgan fingerprint density at radius 1 is 1.36 bits per heavy atom. The molecule has 0 bridgehead atoms. The smallest absolute Gasteiger partial charge is 0.262 e. The molecule has 5 nitrogen and oxygen atoms in total. The van der Waals surface area contributed by atoms with E-state index in [2.05, 4.69) is 21.2 Å². The van der Waals surface area contributed by atoms with Crippen LogP contribution in [0.3, 0.4) is 0 Å². The van der Waals surface area contributed by atoms with Gasteiger partial charge in [-0.2, -0.15) is 5.26 Å². The average molecular weight is 407 g/mol. The fraction of sp³-hybridized carbons (Fsp3) is 0.474. The van der Waals surface area contributed by atoms with Crippen molar-refractivity contribution in [1.29, 1.82) is 5.26 Å². The first-order valence-corrected chi connectivity index (χ1v) is 9.31. The number of nitrogens with one attached hydrogen (secondary N) is 1. The lowest BCUT2D eigenvalue weighted by Crippen LogP contribution is -2.36. The zero-order valence-electron chi connectivity index (χ0n) is 14.6. The molecule has 0 heterocycles. The average Bonchev–Trinajstić information content (AvgIpc) is 2.62. The monoisotopic (exact) mass is 406 g/mol. The quantitative estimate of drug-likeness (QED) is 0.567. The van der Waals surface area contributed by atoms with Crippen molar-refractivity contribution in [3.8, 4) is 17.6 Å². The van der Waals surface area contributed by atoms with Crippen LogP contribution < -0.4 is 14.8 Å². The van der Waals surface area contributed by atoms with Gasteiger partial charge in [0.25, 0.3) is 5.91 Å². The lowest BCUT2D eigenvalue weighted by Gasteiger charge is -2.22. The number of nitrogens with zero attached hydrogens (tertiary/aromatic N) is 1. The number of rotatable bonds is 6. The maximum absolute atomic E-state index is 12.4. The third-order valence-electron chi connectivity index (χ3n) is 4.19. The van der Waals surface area contributed by atoms with Crippen molar-refractivity contribution in [3.05, 3.63) is 27.7 Å². The number of hydrogen-bond acceptors (Lipinski definition) is 4. The van der Waals surface area contributed by atoms with E-state index in [1.165, 1.54) is 6.42 Å². The summed E-state index contributed by atoms with van der Waals surface area (Å²) in [6.45, 7) is 2.38. The van der Waals surface area contributed by atoms with E-state index in [0.717, 1.165) is 30.2 Å². The molecule has 0 unspecified atom stereocenters. The first kappa shape index (κ1) is 19.3. The lowest BCUT2D eigenvalue weighted by atomic mass is 9.95. The summed E-state index contributed by atoms with van der Waals surface area (Å²) in [5, 5.41) is 12.4. The Labute approximate surface area is 157 Å². The van der Waals surface area contributed by atoms with Crippen LogP contribution in [0, 0.1) is 11.3 Å². The molecule has 1 aliphatic rings. The molecular formula is C19H23BrN2O3. The van der Waals surface area contributed by atoms with Crippen LogP contribution in [0.5, 0.6) is 11.5 Å². The summed E-state index contributed by atoms with van der Waals surface area (Å²) in [6, 6.07) is 5.70. The number of nitriles is 1. The number of ether oxygens (including phenoxy) is 2. The molecule has 1 amide bonds. The minimum atomic E-state index is -0.324. The highest BCUT2D eigenvalue weighted by molar-refractivity contribution is 9.10. The molecule has 25 heavy (non-hydrogen) atoms. The van der Waals surface area contributed by atoms with Gasteiger partial charge in [0, 0.05) is 10.5 Å². The molecule has 0 saturated heterocycles. The Kier molecular flexibility index (Phi) is 7.32. The summed E-state index contributed by atoms with van der Waals surface area (Å²) < 4.78 is 11.6. The number of carbonyl (C=O) groups is 1. The third-order valence-corrected chi connectivity index (χ3v) is 4.87. The van der Waals surface area contributed by atoms with Crippen molar-refractivity contribution < 1.29 is 14.3 Å². The van der Waals surface area contributed by atoms with Crippen LogP contribution in [-0.4, -0.2) is 25.7 Å². The van der Waals surface area contributed by atoms with Crippen molar-refractivity contribution in [3.63, 3.8) is 0 Å². The zero-order chi connectivity index (χ0) is 18.2. The number of benzene rings is 1. The van der Waals surface area contributed by atoms with E-state index in [9.17, 15) is 10.1 Å². The molecule has 134 valence electrons. The first-order valence-electron chi connectivity index (χ1n) is 8.52. The van der Waals surface area contributed by atoms with E-state index in [1.54, 1.807) is 25.3 Å². The van der Waals surface area contributed by atoms with Gasteiger partial charge < -0.3 is 14.8 Å². The fourth-order valence-corrected chi connectivity index (χ4v) is 3.34. The molecule has 2 rings (SSSR count). The highest BCUT2D eigenvalue weighted by atomic mass is 79.9. The van der Waals surface area contributed by atoms with Gasteiger partial charge in [0.05, 0.1) is 13.7 Å². The van der Waals surface area contributed by atoms with Gasteiger partial charge in [-0.3, -0.25) is 4.79 Å². The molecule has 0 radical (unpaired) electrons. The van der Waals surface area contributed by atoms with Crippen LogP contribution in [0.1, 0.15) is 44.6 Å². The molecule has 1 aromatic rings. The molecule has 0 spiro atoms. The first-order chi connectivity index (χ1) is 12.1. The highest BCUT2D eigenvalue weighted by Gasteiger charge is 2.19. The van der Waals surface area contributed by atoms with Crippen molar-refractivity contribution in [1.82, 2.24) is 5.32 Å². The molecule has 0 aromatic heterocycles. The predicted octanol–water partition coefficient (Wildman–Crippen LogP) is 4.21. The number of methoxy groups -OCH3 is 1. The van der Waals surface area contributed by atoms with Gasteiger partial charge in [0.15, 0.2) is 11.5 Å². The second-order valence-corrected chi connectivity index (χ2v) is 6.79. The summed E-state index contributed by atoms with van der Waals surface area (Å²) in [4.78, 5) is 12.4. The predicted molar refractivity (Wildman–Crippen MR) is 100 cm³/mol.